The summed E-state index contributed by atoms with van der Waals surface area (Å²) in [6.45, 7) is 2.64. The highest BCUT2D eigenvalue weighted by Crippen LogP contribution is 2.36. The summed E-state index contributed by atoms with van der Waals surface area (Å²) in [6.07, 6.45) is -17.1. The van der Waals surface area contributed by atoms with Gasteiger partial charge in [0.2, 0.25) is 6.29 Å². The zero-order valence-corrected chi connectivity index (χ0v) is 32.5. The fourth-order valence-electron chi connectivity index (χ4n) is 6.31. The first kappa shape index (κ1) is 44.6. The number of carbonyl (C=O) groups is 6. The number of ether oxygens (including phenoxy) is 10. The first-order valence-corrected chi connectivity index (χ1v) is 18.3. The number of aliphatic hydroxyl groups excluding tert-OH is 1. The summed E-state index contributed by atoms with van der Waals surface area (Å²) in [5.74, 6) is -5.56. The fourth-order valence-corrected chi connectivity index (χ4v) is 6.31. The Kier molecular flexibility index (Phi) is 15.2. The zero-order chi connectivity index (χ0) is 43.5. The minimum Gasteiger partial charge on any atom is -0.463 e. The molecule has 320 valence electrons. The average molecular weight is 840 g/mol. The van der Waals surface area contributed by atoms with Crippen molar-refractivity contribution in [2.75, 3.05) is 13.2 Å². The van der Waals surface area contributed by atoms with Gasteiger partial charge in [0.15, 0.2) is 36.8 Å². The van der Waals surface area contributed by atoms with Crippen molar-refractivity contribution in [3.05, 3.63) is 106 Å². The van der Waals surface area contributed by atoms with Gasteiger partial charge in [-0.3, -0.25) is 29.3 Å². The molecule has 0 aliphatic carbocycles. The van der Waals surface area contributed by atoms with Gasteiger partial charge >= 0.3 is 35.8 Å². The van der Waals surface area contributed by atoms with Crippen molar-refractivity contribution in [3.63, 3.8) is 0 Å². The third-order valence-electron chi connectivity index (χ3n) is 8.82. The number of rotatable bonds is 15. The quantitative estimate of drug-likeness (QED) is 0.0998. The van der Waals surface area contributed by atoms with Crippen molar-refractivity contribution in [3.8, 4) is 5.75 Å². The van der Waals surface area contributed by atoms with Gasteiger partial charge in [0, 0.05) is 39.8 Å². The molecule has 0 aromatic heterocycles. The van der Waals surface area contributed by atoms with Crippen molar-refractivity contribution in [1.82, 2.24) is 0 Å². The third-order valence-corrected chi connectivity index (χ3v) is 8.82. The summed E-state index contributed by atoms with van der Waals surface area (Å²) in [5, 5.41) is 22.1. The second kappa shape index (κ2) is 20.5. The van der Waals surface area contributed by atoms with Crippen molar-refractivity contribution in [2.24, 2.45) is 0 Å². The molecular formula is C40H41NO19. The summed E-state index contributed by atoms with van der Waals surface area (Å²) in [5.41, 5.74) is -0.216. The lowest BCUT2D eigenvalue weighted by Crippen LogP contribution is -2.67. The Morgan fingerprint density at radius 3 is 1.55 bits per heavy atom. The molecule has 2 fully saturated rings. The van der Waals surface area contributed by atoms with Crippen LogP contribution >= 0.6 is 0 Å². The van der Waals surface area contributed by atoms with E-state index in [0.717, 1.165) is 39.8 Å². The van der Waals surface area contributed by atoms with Crippen LogP contribution in [0, 0.1) is 10.1 Å². The van der Waals surface area contributed by atoms with E-state index in [1.54, 1.807) is 36.4 Å². The molecule has 60 heavy (non-hydrogen) atoms. The Hall–Kier alpha value is -6.48. The molecular weight excluding hydrogens is 798 g/mol. The average Bonchev–Trinajstić information content (AvgIpc) is 3.21. The highest BCUT2D eigenvalue weighted by Gasteiger charge is 2.58. The molecule has 0 radical (unpaired) electrons. The Bertz CT molecular complexity index is 1990. The summed E-state index contributed by atoms with van der Waals surface area (Å²) >= 11 is 0. The van der Waals surface area contributed by atoms with E-state index in [1.165, 1.54) is 36.4 Å². The van der Waals surface area contributed by atoms with E-state index in [-0.39, 0.29) is 22.6 Å². The summed E-state index contributed by atoms with van der Waals surface area (Å²) in [7, 11) is 0. The van der Waals surface area contributed by atoms with E-state index < -0.39 is 115 Å². The van der Waals surface area contributed by atoms with Crippen LogP contribution in [0.1, 0.15) is 48.4 Å². The van der Waals surface area contributed by atoms with Crippen molar-refractivity contribution in [1.29, 1.82) is 0 Å². The molecule has 0 amide bonds. The predicted octanol–water partition coefficient (Wildman–Crippen LogP) is 2.61. The molecule has 0 saturated carbocycles. The molecule has 2 aliphatic rings. The second-order valence-electron chi connectivity index (χ2n) is 13.2. The number of benzene rings is 3. The Morgan fingerprint density at radius 2 is 1.05 bits per heavy atom. The number of nitrogens with zero attached hydrogens (tertiary/aromatic N) is 1. The van der Waals surface area contributed by atoms with Gasteiger partial charge in [-0.2, -0.15) is 0 Å². The van der Waals surface area contributed by atoms with Gasteiger partial charge in [-0.15, -0.1) is 0 Å². The van der Waals surface area contributed by atoms with Crippen LogP contribution in [0.3, 0.4) is 0 Å². The molecule has 2 aliphatic heterocycles. The van der Waals surface area contributed by atoms with Gasteiger partial charge in [-0.05, 0) is 36.4 Å². The number of non-ortho nitro benzene ring substituents is 1. The van der Waals surface area contributed by atoms with Crippen LogP contribution in [-0.2, 0) is 61.8 Å². The summed E-state index contributed by atoms with van der Waals surface area (Å²) in [6, 6.07) is 19.9. The van der Waals surface area contributed by atoms with E-state index in [1.807, 2.05) is 0 Å². The molecule has 20 nitrogen and oxygen atoms in total. The number of hydrogen-bond donors (Lipinski definition) is 1. The first-order valence-electron chi connectivity index (χ1n) is 18.3. The van der Waals surface area contributed by atoms with Gasteiger partial charge in [-0.25, -0.2) is 9.59 Å². The molecule has 5 rings (SSSR count). The van der Waals surface area contributed by atoms with Gasteiger partial charge in [0.1, 0.15) is 30.7 Å². The van der Waals surface area contributed by atoms with Gasteiger partial charge in [-0.1, -0.05) is 36.4 Å². The smallest absolute Gasteiger partial charge is 0.338 e. The van der Waals surface area contributed by atoms with E-state index in [0.29, 0.717) is 0 Å². The maximum absolute atomic E-state index is 13.8. The Morgan fingerprint density at radius 1 is 0.583 bits per heavy atom. The third kappa shape index (κ3) is 11.6. The van der Waals surface area contributed by atoms with E-state index in [2.05, 4.69) is 0 Å². The second-order valence-corrected chi connectivity index (χ2v) is 13.2. The van der Waals surface area contributed by atoms with Crippen LogP contribution < -0.4 is 4.74 Å². The van der Waals surface area contributed by atoms with Crippen LogP contribution in [0.15, 0.2) is 84.9 Å². The molecule has 3 aromatic rings. The molecule has 1 N–H and O–H groups in total. The Balaban J connectivity index is 1.66. The van der Waals surface area contributed by atoms with Gasteiger partial charge in [0.25, 0.3) is 5.69 Å². The van der Waals surface area contributed by atoms with Crippen LogP contribution in [0.4, 0.5) is 5.69 Å². The van der Waals surface area contributed by atoms with Gasteiger partial charge < -0.3 is 52.5 Å². The van der Waals surface area contributed by atoms with Crippen molar-refractivity contribution in [2.45, 2.75) is 89.1 Å². The molecule has 20 heteroatoms. The fraction of sp³-hybridized carbons (Fsp3) is 0.400. The summed E-state index contributed by atoms with van der Waals surface area (Å²) < 4.78 is 58.5. The molecule has 2 saturated heterocycles. The maximum Gasteiger partial charge on any atom is 0.338 e. The minimum atomic E-state index is -1.93. The number of carbonyl (C=O) groups excluding carboxylic acids is 6. The van der Waals surface area contributed by atoms with Crippen LogP contribution in [-0.4, -0.2) is 120 Å². The molecule has 3 unspecified atom stereocenters. The maximum atomic E-state index is 13.8. The standard InChI is InChI=1S/C40H41NO19/c1-21(43)51-20-30-32(52-22(2)44)33(53-23(3)45)35(54-24(4)46)40(57-30)60-34-31(58-37(47)25-11-7-5-8-12-25)29(19-42)56-39(55-28-17-15-27(16-18-28)41(49)50)36(34)59-38(48)26-13-9-6-10-14-26/h5-18,29-36,39-40,42H,19-20H2,1-4H3/t29?,30?,31-,32-,33+,34?,35-,36-,39-,40-/m1/s1. The SMILES string of the molecule is CC(=O)OCC1O[C@H](OC2[C@H](OC(=O)c3ccccc3)C(CO)O[C@@H](Oc3ccc([N+](=O)[O-])cc3)[C@@H]2OC(=O)c2ccccc2)[C@H](OC(C)=O)[C@@H](OC(C)=O)[C@@H]1OC(C)=O. The van der Waals surface area contributed by atoms with Gasteiger partial charge in [0.05, 0.1) is 22.7 Å². The van der Waals surface area contributed by atoms with E-state index >= 15 is 0 Å². The molecule has 0 bridgehead atoms. The number of hydrogen-bond acceptors (Lipinski definition) is 19. The monoisotopic (exact) mass is 839 g/mol. The largest absolute Gasteiger partial charge is 0.463 e. The molecule has 10 atom stereocenters. The van der Waals surface area contributed by atoms with E-state index in [9.17, 15) is 44.0 Å². The zero-order valence-electron chi connectivity index (χ0n) is 32.5. The van der Waals surface area contributed by atoms with Crippen LogP contribution in [0.25, 0.3) is 0 Å². The number of aliphatic hydroxyl groups is 1. The molecule has 0 spiro atoms. The van der Waals surface area contributed by atoms with Crippen molar-refractivity contribution >= 4 is 41.5 Å². The lowest BCUT2D eigenvalue weighted by molar-refractivity contribution is -0.384. The highest BCUT2D eigenvalue weighted by atomic mass is 16.8. The van der Waals surface area contributed by atoms with E-state index in [4.69, 9.17) is 47.4 Å². The number of nitro groups is 1. The van der Waals surface area contributed by atoms with Crippen molar-refractivity contribution < 1.29 is 86.2 Å². The van der Waals surface area contributed by atoms with Crippen LogP contribution in [0.5, 0.6) is 5.75 Å². The lowest BCUT2D eigenvalue weighted by atomic mass is 9.95. The topological polar surface area (TPSA) is 258 Å². The lowest BCUT2D eigenvalue weighted by Gasteiger charge is -2.48. The summed E-state index contributed by atoms with van der Waals surface area (Å²) in [4.78, 5) is 87.7. The number of nitro benzene ring substituents is 1. The molecule has 3 aromatic carbocycles. The predicted molar refractivity (Wildman–Crippen MR) is 198 cm³/mol. The Labute approximate surface area is 341 Å². The minimum absolute atomic E-state index is 0.0275. The normalized spacial score (nSPS) is 26.0. The molecule has 2 heterocycles. The first-order chi connectivity index (χ1) is 28.6. The highest BCUT2D eigenvalue weighted by molar-refractivity contribution is 5.90. The number of esters is 6. The van der Waals surface area contributed by atoms with Crippen LogP contribution in [0.2, 0.25) is 0 Å².